The summed E-state index contributed by atoms with van der Waals surface area (Å²) in [5.41, 5.74) is 11.5. The van der Waals surface area contributed by atoms with Gasteiger partial charge in [-0.1, -0.05) is 12.1 Å². The van der Waals surface area contributed by atoms with E-state index in [0.717, 1.165) is 42.5 Å². The van der Waals surface area contributed by atoms with Crippen LogP contribution in [0, 0.1) is 18.6 Å². The normalized spacial score (nSPS) is 13.1. The number of ketones is 1. The minimum atomic E-state index is -0.836. The van der Waals surface area contributed by atoms with Crippen molar-refractivity contribution in [2.24, 2.45) is 0 Å². The number of nitrogen functional groups attached to an aromatic ring is 1. The van der Waals surface area contributed by atoms with Gasteiger partial charge in [0.05, 0.1) is 29.3 Å². The molecular formula is C27H22F2N6O2. The van der Waals surface area contributed by atoms with Gasteiger partial charge in [0.25, 0.3) is 0 Å². The van der Waals surface area contributed by atoms with Crippen molar-refractivity contribution in [3.8, 4) is 17.3 Å². The molecule has 0 radical (unpaired) electrons. The Morgan fingerprint density at radius 3 is 2.73 bits per heavy atom. The van der Waals surface area contributed by atoms with Gasteiger partial charge in [0.1, 0.15) is 5.82 Å². The second-order valence-corrected chi connectivity index (χ2v) is 8.92. The van der Waals surface area contributed by atoms with Crippen LogP contribution in [0.15, 0.2) is 54.9 Å². The molecule has 186 valence electrons. The number of nitrogens with two attached hydrogens (primary N) is 1. The number of hydrogen-bond donors (Lipinski definition) is 3. The van der Waals surface area contributed by atoms with E-state index in [4.69, 9.17) is 10.5 Å². The number of carbonyl (C=O) groups excluding carboxylic acids is 1. The monoisotopic (exact) mass is 500 g/mol. The first kappa shape index (κ1) is 22.9. The minimum absolute atomic E-state index is 0.00294. The summed E-state index contributed by atoms with van der Waals surface area (Å²) in [5, 5.41) is 8.70. The molecule has 0 saturated heterocycles. The number of nitrogens with one attached hydrogen (secondary N) is 2. The van der Waals surface area contributed by atoms with Crippen molar-refractivity contribution in [1.29, 1.82) is 0 Å². The molecule has 4 N–H and O–H groups in total. The maximum Gasteiger partial charge on any atom is 0.219 e. The predicted octanol–water partition coefficient (Wildman–Crippen LogP) is 4.59. The third-order valence-corrected chi connectivity index (χ3v) is 6.59. The summed E-state index contributed by atoms with van der Waals surface area (Å²) in [7, 11) is 0. The number of anilines is 1. The highest BCUT2D eigenvalue weighted by Crippen LogP contribution is 2.30. The summed E-state index contributed by atoms with van der Waals surface area (Å²) < 4.78 is 34.6. The summed E-state index contributed by atoms with van der Waals surface area (Å²) in [6.45, 7) is 3.44. The predicted molar refractivity (Wildman–Crippen MR) is 134 cm³/mol. The average Bonchev–Trinajstić information content (AvgIpc) is 3.50. The van der Waals surface area contributed by atoms with Crippen LogP contribution in [0.2, 0.25) is 0 Å². The van der Waals surface area contributed by atoms with E-state index in [9.17, 15) is 13.6 Å². The van der Waals surface area contributed by atoms with Crippen molar-refractivity contribution in [3.05, 3.63) is 94.4 Å². The van der Waals surface area contributed by atoms with Crippen molar-refractivity contribution in [3.63, 3.8) is 0 Å². The largest absolute Gasteiger partial charge is 0.433 e. The van der Waals surface area contributed by atoms with E-state index in [0.29, 0.717) is 16.9 Å². The maximum atomic E-state index is 13.9. The van der Waals surface area contributed by atoms with Gasteiger partial charge in [-0.2, -0.15) is 5.10 Å². The smallest absolute Gasteiger partial charge is 0.219 e. The van der Waals surface area contributed by atoms with Crippen LogP contribution in [0.5, 0.6) is 11.6 Å². The highest BCUT2D eigenvalue weighted by atomic mass is 19.1. The molecule has 10 heteroatoms. The van der Waals surface area contributed by atoms with E-state index in [1.807, 2.05) is 12.1 Å². The number of aromatic amines is 1. The van der Waals surface area contributed by atoms with Gasteiger partial charge in [0, 0.05) is 23.5 Å². The first-order valence-corrected chi connectivity index (χ1v) is 11.7. The van der Waals surface area contributed by atoms with Crippen molar-refractivity contribution in [1.82, 2.24) is 25.1 Å². The Kier molecular flexibility index (Phi) is 5.45. The molecule has 6 rings (SSSR count). The Morgan fingerprint density at radius 1 is 1.14 bits per heavy atom. The molecule has 0 aliphatic carbocycles. The van der Waals surface area contributed by atoms with E-state index in [-0.39, 0.29) is 23.0 Å². The number of aryl methyl sites for hydroxylation is 1. The Labute approximate surface area is 210 Å². The van der Waals surface area contributed by atoms with Crippen LogP contribution >= 0.6 is 0 Å². The highest BCUT2D eigenvalue weighted by molar-refractivity contribution is 6.12. The summed E-state index contributed by atoms with van der Waals surface area (Å²) >= 11 is 0. The standard InChI is InChI=1S/C27H22F2N6O2/c1-14-9-24(37-26-19(28)3-2-4-20(26)29)32-13-23(14)35-27(30)18(12-33-35)25(36)22-10-16-17-11-31-8-7-15(17)5-6-21(16)34-22/h2-6,9-10,12-13,31,34H,7-8,11,30H2,1H3. The number of H-pyrrole nitrogens is 1. The quantitative estimate of drug-likeness (QED) is 0.305. The van der Waals surface area contributed by atoms with Gasteiger partial charge in [-0.3, -0.25) is 4.79 Å². The number of rotatable bonds is 5. The van der Waals surface area contributed by atoms with E-state index in [1.54, 1.807) is 6.92 Å². The third kappa shape index (κ3) is 3.91. The zero-order chi connectivity index (χ0) is 25.7. The maximum absolute atomic E-state index is 13.9. The number of benzene rings is 2. The molecule has 37 heavy (non-hydrogen) atoms. The lowest BCUT2D eigenvalue weighted by Crippen LogP contribution is -2.23. The Bertz CT molecular complexity index is 1670. The van der Waals surface area contributed by atoms with Gasteiger partial charge in [0.2, 0.25) is 17.4 Å². The number of pyridine rings is 1. The number of ether oxygens (including phenoxy) is 1. The van der Waals surface area contributed by atoms with Gasteiger partial charge >= 0.3 is 0 Å². The molecule has 0 fully saturated rings. The third-order valence-electron chi connectivity index (χ3n) is 6.59. The molecule has 0 amide bonds. The van der Waals surface area contributed by atoms with Gasteiger partial charge in [-0.15, -0.1) is 0 Å². The molecule has 1 aliphatic heterocycles. The minimum Gasteiger partial charge on any atom is -0.433 e. The fraction of sp³-hybridized carbons (Fsp3) is 0.148. The van der Waals surface area contributed by atoms with Crippen molar-refractivity contribution in [2.45, 2.75) is 19.9 Å². The second-order valence-electron chi connectivity index (χ2n) is 8.92. The fourth-order valence-corrected chi connectivity index (χ4v) is 4.67. The van der Waals surface area contributed by atoms with Gasteiger partial charge < -0.3 is 20.8 Å². The number of para-hydroxylation sites is 1. The highest BCUT2D eigenvalue weighted by Gasteiger charge is 2.22. The number of fused-ring (bicyclic) bond motifs is 3. The van der Waals surface area contributed by atoms with E-state index >= 15 is 0 Å². The van der Waals surface area contributed by atoms with E-state index in [2.05, 4.69) is 26.4 Å². The molecule has 0 unspecified atom stereocenters. The fourth-order valence-electron chi connectivity index (χ4n) is 4.67. The molecule has 1 aliphatic rings. The van der Waals surface area contributed by atoms with E-state index < -0.39 is 17.4 Å². The lowest BCUT2D eigenvalue weighted by molar-refractivity contribution is 0.103. The first-order chi connectivity index (χ1) is 17.9. The second kappa shape index (κ2) is 8.82. The Morgan fingerprint density at radius 2 is 1.95 bits per heavy atom. The molecule has 0 spiro atoms. The SMILES string of the molecule is Cc1cc(Oc2c(F)cccc2F)ncc1-n1ncc(C(=O)c2cc3c4c(ccc3[nH]2)CCNC4)c1N. The zero-order valence-corrected chi connectivity index (χ0v) is 19.8. The molecule has 5 aromatic rings. The van der Waals surface area contributed by atoms with Gasteiger partial charge in [-0.25, -0.2) is 18.4 Å². The molecule has 0 atom stereocenters. The molecule has 0 saturated carbocycles. The summed E-state index contributed by atoms with van der Waals surface area (Å²) in [6, 6.07) is 10.9. The number of nitrogens with zero attached hydrogens (tertiary/aromatic N) is 3. The number of carbonyl (C=O) groups is 1. The Balaban J connectivity index is 1.30. The lowest BCUT2D eigenvalue weighted by atomic mass is 9.97. The van der Waals surface area contributed by atoms with Crippen LogP contribution in [0.4, 0.5) is 14.6 Å². The number of halogens is 2. The molecule has 0 bridgehead atoms. The topological polar surface area (TPSA) is 111 Å². The summed E-state index contributed by atoms with van der Waals surface area (Å²) in [4.78, 5) is 20.7. The number of hydrogen-bond acceptors (Lipinski definition) is 6. The average molecular weight is 501 g/mol. The lowest BCUT2D eigenvalue weighted by Gasteiger charge is -2.17. The van der Waals surface area contributed by atoms with Gasteiger partial charge in [0.15, 0.2) is 11.6 Å². The van der Waals surface area contributed by atoms with Crippen molar-refractivity contribution in [2.75, 3.05) is 12.3 Å². The van der Waals surface area contributed by atoms with Crippen LogP contribution < -0.4 is 15.8 Å². The van der Waals surface area contributed by atoms with Crippen LogP contribution in [-0.4, -0.2) is 32.1 Å². The first-order valence-electron chi connectivity index (χ1n) is 11.7. The van der Waals surface area contributed by atoms with Crippen LogP contribution in [0.25, 0.3) is 16.6 Å². The molecular weight excluding hydrogens is 478 g/mol. The van der Waals surface area contributed by atoms with Crippen LogP contribution in [0.1, 0.15) is 32.7 Å². The summed E-state index contributed by atoms with van der Waals surface area (Å²) in [6.07, 6.45) is 3.79. The molecule has 3 aromatic heterocycles. The Hall–Kier alpha value is -4.57. The molecule has 8 nitrogen and oxygen atoms in total. The molecule has 2 aromatic carbocycles. The van der Waals surface area contributed by atoms with Crippen molar-refractivity contribution >= 4 is 22.5 Å². The zero-order valence-electron chi connectivity index (χ0n) is 19.8. The summed E-state index contributed by atoms with van der Waals surface area (Å²) in [5.74, 6) is -2.34. The van der Waals surface area contributed by atoms with E-state index in [1.165, 1.54) is 40.3 Å². The van der Waals surface area contributed by atoms with Crippen LogP contribution in [-0.2, 0) is 13.0 Å². The van der Waals surface area contributed by atoms with Crippen LogP contribution in [0.3, 0.4) is 0 Å². The number of aromatic nitrogens is 4. The van der Waals surface area contributed by atoms with Gasteiger partial charge in [-0.05, 0) is 60.8 Å². The van der Waals surface area contributed by atoms with Crippen molar-refractivity contribution < 1.29 is 18.3 Å². The molecule has 4 heterocycles.